The summed E-state index contributed by atoms with van der Waals surface area (Å²) in [5.74, 6) is 1.01. The van der Waals surface area contributed by atoms with E-state index in [1.165, 1.54) is 10.9 Å². The average molecular weight is 450 g/mol. The summed E-state index contributed by atoms with van der Waals surface area (Å²) in [7, 11) is 0. The minimum Gasteiger partial charge on any atom is -0.361 e. The van der Waals surface area contributed by atoms with Crippen molar-refractivity contribution in [2.75, 3.05) is 13.1 Å². The molecular weight excluding hydrogens is 422 g/mol. The number of benzene rings is 2. The molecule has 0 bridgehead atoms. The highest BCUT2D eigenvalue weighted by Crippen LogP contribution is 2.26. The average Bonchev–Trinajstić information content (AvgIpc) is 3.42. The lowest BCUT2D eigenvalue weighted by atomic mass is 9.95. The van der Waals surface area contributed by atoms with E-state index >= 15 is 0 Å². The molecule has 2 aromatic heterocycles. The number of hydrogen-bond acceptors (Lipinski definition) is 3. The fourth-order valence-electron chi connectivity index (χ4n) is 4.67. The molecule has 0 aliphatic carbocycles. The lowest BCUT2D eigenvalue weighted by Crippen LogP contribution is -2.41. The van der Waals surface area contributed by atoms with Crippen molar-refractivity contribution in [1.29, 1.82) is 0 Å². The first-order chi connectivity index (χ1) is 15.6. The summed E-state index contributed by atoms with van der Waals surface area (Å²) in [6.45, 7) is 4.76. The van der Waals surface area contributed by atoms with Crippen molar-refractivity contribution >= 4 is 39.4 Å². The normalized spacial score (nSPS) is 16.6. The van der Waals surface area contributed by atoms with Crippen LogP contribution in [0.25, 0.3) is 21.9 Å². The number of aromatic amines is 2. The number of nitrogens with one attached hydrogen (secondary N) is 3. The van der Waals surface area contributed by atoms with Crippen LogP contribution >= 0.6 is 11.6 Å². The molecule has 7 heteroatoms. The van der Waals surface area contributed by atoms with Crippen molar-refractivity contribution in [3.8, 4) is 0 Å². The Balaban J connectivity index is 1.19. The number of carbonyl (C=O) groups is 1. The zero-order valence-electron chi connectivity index (χ0n) is 18.2. The smallest absolute Gasteiger partial charge is 0.223 e. The van der Waals surface area contributed by atoms with Gasteiger partial charge in [-0.2, -0.15) is 0 Å². The molecule has 6 nitrogen and oxygen atoms in total. The number of carbonyl (C=O) groups excluding carboxylic acids is 1. The summed E-state index contributed by atoms with van der Waals surface area (Å²) in [5.41, 5.74) is 4.29. The molecular formula is C25H28ClN5O. The summed E-state index contributed by atoms with van der Waals surface area (Å²) < 4.78 is 0. The first kappa shape index (κ1) is 21.0. The second kappa shape index (κ2) is 8.96. The van der Waals surface area contributed by atoms with Gasteiger partial charge in [0.1, 0.15) is 5.82 Å². The molecule has 3 N–H and O–H groups in total. The van der Waals surface area contributed by atoms with Crippen LogP contribution in [0.2, 0.25) is 5.02 Å². The quantitative estimate of drug-likeness (QED) is 0.379. The Morgan fingerprint density at radius 2 is 2.03 bits per heavy atom. The zero-order chi connectivity index (χ0) is 22.1. The van der Waals surface area contributed by atoms with Crippen molar-refractivity contribution in [2.24, 2.45) is 5.92 Å². The summed E-state index contributed by atoms with van der Waals surface area (Å²) in [4.78, 5) is 26.8. The van der Waals surface area contributed by atoms with Gasteiger partial charge in [-0.1, -0.05) is 30.7 Å². The molecule has 2 aromatic carbocycles. The predicted octanol–water partition coefficient (Wildman–Crippen LogP) is 5.18. The van der Waals surface area contributed by atoms with Crippen LogP contribution in [0.5, 0.6) is 0 Å². The van der Waals surface area contributed by atoms with E-state index in [4.69, 9.17) is 11.6 Å². The Morgan fingerprint density at radius 3 is 2.81 bits per heavy atom. The Morgan fingerprint density at radius 1 is 1.22 bits per heavy atom. The number of hydrogen-bond donors (Lipinski definition) is 3. The highest BCUT2D eigenvalue weighted by atomic mass is 35.5. The number of likely N-dealkylation sites (tertiary alicyclic amines) is 1. The van der Waals surface area contributed by atoms with Crippen molar-refractivity contribution in [1.82, 2.24) is 25.2 Å². The van der Waals surface area contributed by atoms with E-state index in [1.807, 2.05) is 42.5 Å². The highest BCUT2D eigenvalue weighted by Gasteiger charge is 2.27. The maximum Gasteiger partial charge on any atom is 0.223 e. The van der Waals surface area contributed by atoms with Crippen LogP contribution in [0, 0.1) is 5.92 Å². The van der Waals surface area contributed by atoms with E-state index in [1.54, 1.807) is 0 Å². The van der Waals surface area contributed by atoms with Gasteiger partial charge in [0.15, 0.2) is 0 Å². The van der Waals surface area contributed by atoms with Gasteiger partial charge in [0.05, 0.1) is 17.1 Å². The van der Waals surface area contributed by atoms with Gasteiger partial charge in [0.25, 0.3) is 0 Å². The van der Waals surface area contributed by atoms with Gasteiger partial charge in [-0.05, 0) is 68.2 Å². The second-order valence-corrected chi connectivity index (χ2v) is 9.10. The number of nitrogens with zero attached hydrogens (tertiary/aromatic N) is 2. The van der Waals surface area contributed by atoms with Gasteiger partial charge < -0.3 is 15.3 Å². The summed E-state index contributed by atoms with van der Waals surface area (Å²) >= 11 is 6.19. The molecule has 1 aliphatic rings. The van der Waals surface area contributed by atoms with Crippen molar-refractivity contribution in [3.05, 3.63) is 65.1 Å². The van der Waals surface area contributed by atoms with E-state index in [0.717, 1.165) is 66.3 Å². The predicted molar refractivity (Wildman–Crippen MR) is 129 cm³/mol. The number of aromatic nitrogens is 3. The van der Waals surface area contributed by atoms with Crippen molar-refractivity contribution < 1.29 is 4.79 Å². The van der Waals surface area contributed by atoms with Gasteiger partial charge in [0, 0.05) is 34.6 Å². The van der Waals surface area contributed by atoms with E-state index in [9.17, 15) is 4.79 Å². The molecule has 1 fully saturated rings. The molecule has 3 heterocycles. The molecule has 4 aromatic rings. The lowest BCUT2D eigenvalue weighted by molar-refractivity contribution is -0.127. The Labute approximate surface area is 192 Å². The molecule has 0 radical (unpaired) electrons. The highest BCUT2D eigenvalue weighted by molar-refractivity contribution is 6.31. The molecule has 0 spiro atoms. The lowest BCUT2D eigenvalue weighted by Gasteiger charge is -2.31. The molecule has 1 atom stereocenters. The van der Waals surface area contributed by atoms with E-state index in [-0.39, 0.29) is 17.9 Å². The number of amides is 1. The third-order valence-electron chi connectivity index (χ3n) is 6.54. The molecule has 1 unspecified atom stereocenters. The number of rotatable bonds is 6. The number of fused-ring (bicyclic) bond motifs is 2. The zero-order valence-corrected chi connectivity index (χ0v) is 19.0. The third kappa shape index (κ3) is 4.25. The van der Waals surface area contributed by atoms with Crippen LogP contribution in [-0.2, 0) is 11.3 Å². The number of piperidine rings is 1. The van der Waals surface area contributed by atoms with Crippen LogP contribution in [0.1, 0.15) is 43.6 Å². The molecule has 5 rings (SSSR count). The topological polar surface area (TPSA) is 76.8 Å². The molecule has 1 amide bonds. The molecule has 1 saturated heterocycles. The Kier molecular flexibility index (Phi) is 5.89. The molecule has 32 heavy (non-hydrogen) atoms. The number of para-hydroxylation sites is 2. The van der Waals surface area contributed by atoms with Gasteiger partial charge in [0.2, 0.25) is 5.91 Å². The van der Waals surface area contributed by atoms with Crippen molar-refractivity contribution in [2.45, 2.75) is 38.8 Å². The van der Waals surface area contributed by atoms with Crippen molar-refractivity contribution in [3.63, 3.8) is 0 Å². The van der Waals surface area contributed by atoms with Crippen LogP contribution in [0.15, 0.2) is 48.7 Å². The summed E-state index contributed by atoms with van der Waals surface area (Å²) in [6, 6.07) is 13.8. The first-order valence-corrected chi connectivity index (χ1v) is 11.7. The minimum atomic E-state index is -0.0936. The van der Waals surface area contributed by atoms with E-state index in [0.29, 0.717) is 0 Å². The number of halogens is 1. The Bertz CT molecular complexity index is 1200. The van der Waals surface area contributed by atoms with Crippen LogP contribution < -0.4 is 5.32 Å². The SMILES string of the molecule is CCC(NC(=O)C1CCN(Cc2c[nH]c3ccc(Cl)cc23)CC1)c1nc2ccccc2[nH]1. The second-order valence-electron chi connectivity index (χ2n) is 8.66. The summed E-state index contributed by atoms with van der Waals surface area (Å²) in [5, 5.41) is 5.16. The molecule has 0 saturated carbocycles. The van der Waals surface area contributed by atoms with Crippen LogP contribution in [0.4, 0.5) is 0 Å². The molecule has 166 valence electrons. The maximum absolute atomic E-state index is 13.0. The maximum atomic E-state index is 13.0. The van der Waals surface area contributed by atoms with Crippen LogP contribution in [-0.4, -0.2) is 38.8 Å². The van der Waals surface area contributed by atoms with Gasteiger partial charge in [-0.15, -0.1) is 0 Å². The van der Waals surface area contributed by atoms with E-state index < -0.39 is 0 Å². The third-order valence-corrected chi connectivity index (χ3v) is 6.78. The monoisotopic (exact) mass is 449 g/mol. The first-order valence-electron chi connectivity index (χ1n) is 11.3. The number of H-pyrrole nitrogens is 2. The fraction of sp³-hybridized carbons (Fsp3) is 0.360. The van der Waals surface area contributed by atoms with Crippen LogP contribution in [0.3, 0.4) is 0 Å². The standard InChI is InChI=1S/C25H28ClN5O/c1-2-20(24-28-22-5-3-4-6-23(22)29-24)30-25(32)16-9-11-31(12-10-16)15-17-14-27-21-8-7-18(26)13-19(17)21/h3-8,13-14,16,20,27H,2,9-12,15H2,1H3,(H,28,29)(H,30,32). The minimum absolute atomic E-state index is 0.0436. The van der Waals surface area contributed by atoms with Gasteiger partial charge in [-0.25, -0.2) is 4.98 Å². The van der Waals surface area contributed by atoms with E-state index in [2.05, 4.69) is 38.3 Å². The largest absolute Gasteiger partial charge is 0.361 e. The summed E-state index contributed by atoms with van der Waals surface area (Å²) in [6.07, 6.45) is 4.60. The van der Waals surface area contributed by atoms with Gasteiger partial charge in [-0.3, -0.25) is 9.69 Å². The van der Waals surface area contributed by atoms with Gasteiger partial charge >= 0.3 is 0 Å². The number of imidazole rings is 1. The Hall–Kier alpha value is -2.83. The fourth-order valence-corrected chi connectivity index (χ4v) is 4.84. The molecule has 1 aliphatic heterocycles.